The van der Waals surface area contributed by atoms with Gasteiger partial charge in [0.2, 0.25) is 5.95 Å². The van der Waals surface area contributed by atoms with E-state index in [1.54, 1.807) is 0 Å². The molecule has 3 heterocycles. The highest BCUT2D eigenvalue weighted by Crippen LogP contribution is 2.43. The number of nitrogens with zero attached hydrogens (tertiary/aromatic N) is 4. The van der Waals surface area contributed by atoms with E-state index < -0.39 is 0 Å². The monoisotopic (exact) mass is 686 g/mol. The normalized spacial score (nSPS) is 12.1. The van der Waals surface area contributed by atoms with E-state index in [1.165, 1.54) is 59.4 Å². The summed E-state index contributed by atoms with van der Waals surface area (Å²) in [5.74, 6) is 0.652. The van der Waals surface area contributed by atoms with Crippen molar-refractivity contribution in [3.63, 3.8) is 0 Å². The third kappa shape index (κ3) is 4.08. The van der Waals surface area contributed by atoms with Gasteiger partial charge in [-0.25, -0.2) is 9.97 Å². The standard InChI is InChI=1S/C50H30N4/c1-2-16-33(17-3-1)53-45-25-13-11-22-38(45)41-29-42-39-27-26-31-14-4-7-19-35(31)49(39)54(47(42)30-46(41)53)50-51-44-24-12-10-23-40(44)48(52-50)43-28-32-15-5-6-18-34(32)36-20-8-9-21-37(36)43/h1-30H. The predicted octanol–water partition coefficient (Wildman–Crippen LogP) is 13.0. The Morgan fingerprint density at radius 1 is 0.333 bits per heavy atom. The molecule has 4 heteroatoms. The maximum atomic E-state index is 5.63. The molecule has 0 amide bonds. The van der Waals surface area contributed by atoms with Crippen LogP contribution in [0.25, 0.3) is 110 Å². The zero-order chi connectivity index (χ0) is 35.3. The van der Waals surface area contributed by atoms with Crippen molar-refractivity contribution in [3.05, 3.63) is 182 Å². The Morgan fingerprint density at radius 3 is 1.81 bits per heavy atom. The molecule has 0 N–H and O–H groups in total. The fraction of sp³-hybridized carbons (Fsp3) is 0. The van der Waals surface area contributed by atoms with Crippen LogP contribution in [0.15, 0.2) is 182 Å². The van der Waals surface area contributed by atoms with Crippen molar-refractivity contribution in [2.75, 3.05) is 0 Å². The lowest BCUT2D eigenvalue weighted by Gasteiger charge is -2.15. The second-order valence-corrected chi connectivity index (χ2v) is 14.2. The van der Waals surface area contributed by atoms with Crippen LogP contribution in [0.5, 0.6) is 0 Å². The summed E-state index contributed by atoms with van der Waals surface area (Å²) in [6.07, 6.45) is 0. The molecule has 54 heavy (non-hydrogen) atoms. The lowest BCUT2D eigenvalue weighted by molar-refractivity contribution is 1.02. The molecule has 0 bridgehead atoms. The van der Waals surface area contributed by atoms with E-state index in [-0.39, 0.29) is 0 Å². The van der Waals surface area contributed by atoms with Crippen LogP contribution >= 0.6 is 0 Å². The van der Waals surface area contributed by atoms with Crippen LogP contribution in [-0.4, -0.2) is 19.1 Å². The molecule has 0 unspecified atom stereocenters. The first-order chi connectivity index (χ1) is 26.8. The molecule has 3 aromatic heterocycles. The van der Waals surface area contributed by atoms with Crippen molar-refractivity contribution in [2.24, 2.45) is 0 Å². The Hall–Kier alpha value is -7.30. The molecule has 0 aliphatic carbocycles. The van der Waals surface area contributed by atoms with Gasteiger partial charge < -0.3 is 4.57 Å². The van der Waals surface area contributed by atoms with E-state index in [0.29, 0.717) is 5.95 Å². The second kappa shape index (κ2) is 11.1. The topological polar surface area (TPSA) is 35.6 Å². The minimum Gasteiger partial charge on any atom is -0.309 e. The third-order valence-electron chi connectivity index (χ3n) is 11.3. The molecular formula is C50H30N4. The van der Waals surface area contributed by atoms with Gasteiger partial charge in [-0.15, -0.1) is 0 Å². The first-order valence-electron chi connectivity index (χ1n) is 18.4. The van der Waals surface area contributed by atoms with Crippen LogP contribution in [0, 0.1) is 0 Å². The average Bonchev–Trinajstić information content (AvgIpc) is 3.74. The van der Waals surface area contributed by atoms with Crippen molar-refractivity contribution in [1.82, 2.24) is 19.1 Å². The van der Waals surface area contributed by atoms with Crippen molar-refractivity contribution < 1.29 is 0 Å². The summed E-state index contributed by atoms with van der Waals surface area (Å²) in [6, 6.07) is 65.4. The van der Waals surface area contributed by atoms with Gasteiger partial charge in [-0.2, -0.15) is 0 Å². The summed E-state index contributed by atoms with van der Waals surface area (Å²) in [5, 5.41) is 13.0. The number of hydrogen-bond acceptors (Lipinski definition) is 2. The SMILES string of the molecule is c1ccc(-n2c3ccccc3c3cc4c5ccc6ccccc6c5n(-c5nc(-c6cc7ccccc7c7ccccc67)c6ccccc6n5)c4cc32)cc1. The maximum absolute atomic E-state index is 5.63. The van der Waals surface area contributed by atoms with Gasteiger partial charge in [0.15, 0.2) is 0 Å². The summed E-state index contributed by atoms with van der Waals surface area (Å²) in [4.78, 5) is 11.0. The Bertz CT molecular complexity index is 3500. The molecule has 12 aromatic rings. The molecule has 12 rings (SSSR count). The quantitative estimate of drug-likeness (QED) is 0.173. The Labute approximate surface area is 309 Å². The summed E-state index contributed by atoms with van der Waals surface area (Å²) in [6.45, 7) is 0. The van der Waals surface area contributed by atoms with Gasteiger partial charge in [-0.3, -0.25) is 4.57 Å². The number of aromatic nitrogens is 4. The van der Waals surface area contributed by atoms with Gasteiger partial charge in [0.05, 0.1) is 33.3 Å². The highest BCUT2D eigenvalue weighted by Gasteiger charge is 2.23. The van der Waals surface area contributed by atoms with Crippen LogP contribution in [0.3, 0.4) is 0 Å². The zero-order valence-corrected chi connectivity index (χ0v) is 29.1. The van der Waals surface area contributed by atoms with Gasteiger partial charge in [0.25, 0.3) is 0 Å². The zero-order valence-electron chi connectivity index (χ0n) is 29.1. The van der Waals surface area contributed by atoms with E-state index >= 15 is 0 Å². The first kappa shape index (κ1) is 29.3. The van der Waals surface area contributed by atoms with E-state index in [0.717, 1.165) is 44.4 Å². The van der Waals surface area contributed by atoms with Crippen molar-refractivity contribution in [1.29, 1.82) is 0 Å². The third-order valence-corrected chi connectivity index (χ3v) is 11.3. The lowest BCUT2D eigenvalue weighted by atomic mass is 9.94. The number of hydrogen-bond donors (Lipinski definition) is 0. The first-order valence-corrected chi connectivity index (χ1v) is 18.4. The smallest absolute Gasteiger partial charge is 0.235 e. The molecule has 0 fully saturated rings. The summed E-state index contributed by atoms with van der Waals surface area (Å²) >= 11 is 0. The molecular weight excluding hydrogens is 657 g/mol. The fourth-order valence-corrected chi connectivity index (χ4v) is 8.92. The Balaban J connectivity index is 1.26. The minimum absolute atomic E-state index is 0.652. The molecule has 9 aromatic carbocycles. The predicted molar refractivity (Wildman–Crippen MR) is 226 cm³/mol. The van der Waals surface area contributed by atoms with E-state index in [9.17, 15) is 0 Å². The van der Waals surface area contributed by atoms with Gasteiger partial charge in [-0.1, -0.05) is 140 Å². The van der Waals surface area contributed by atoms with Gasteiger partial charge >= 0.3 is 0 Å². The van der Waals surface area contributed by atoms with Gasteiger partial charge in [0, 0.05) is 43.6 Å². The maximum Gasteiger partial charge on any atom is 0.235 e. The molecule has 0 spiro atoms. The number of para-hydroxylation sites is 3. The van der Waals surface area contributed by atoms with Crippen LogP contribution in [0.1, 0.15) is 0 Å². The fourth-order valence-electron chi connectivity index (χ4n) is 8.92. The van der Waals surface area contributed by atoms with Gasteiger partial charge in [0.1, 0.15) is 0 Å². The van der Waals surface area contributed by atoms with Crippen LogP contribution in [0.4, 0.5) is 0 Å². The van der Waals surface area contributed by atoms with E-state index in [4.69, 9.17) is 9.97 Å². The molecule has 250 valence electrons. The highest BCUT2D eigenvalue weighted by molar-refractivity contribution is 6.23. The molecule has 0 saturated heterocycles. The number of benzene rings is 9. The van der Waals surface area contributed by atoms with E-state index in [2.05, 4.69) is 191 Å². The van der Waals surface area contributed by atoms with Gasteiger partial charge in [-0.05, 0) is 69.4 Å². The minimum atomic E-state index is 0.652. The molecule has 0 aliphatic heterocycles. The number of fused-ring (bicyclic) bond motifs is 12. The molecule has 0 aliphatic rings. The van der Waals surface area contributed by atoms with Crippen molar-refractivity contribution in [2.45, 2.75) is 0 Å². The number of rotatable bonds is 3. The average molecular weight is 687 g/mol. The Morgan fingerprint density at radius 2 is 0.963 bits per heavy atom. The molecule has 4 nitrogen and oxygen atoms in total. The molecule has 0 atom stereocenters. The van der Waals surface area contributed by atoms with Crippen molar-refractivity contribution in [3.8, 4) is 22.9 Å². The van der Waals surface area contributed by atoms with E-state index in [1.807, 2.05) is 0 Å². The van der Waals surface area contributed by atoms with Crippen LogP contribution in [-0.2, 0) is 0 Å². The van der Waals surface area contributed by atoms with Crippen molar-refractivity contribution >= 4 is 86.8 Å². The summed E-state index contributed by atoms with van der Waals surface area (Å²) < 4.78 is 4.71. The van der Waals surface area contributed by atoms with Crippen LogP contribution in [0.2, 0.25) is 0 Å². The largest absolute Gasteiger partial charge is 0.309 e. The Kier molecular flexibility index (Phi) is 6.02. The summed E-state index contributed by atoms with van der Waals surface area (Å²) in [7, 11) is 0. The van der Waals surface area contributed by atoms with Crippen LogP contribution < -0.4 is 0 Å². The molecule has 0 saturated carbocycles. The summed E-state index contributed by atoms with van der Waals surface area (Å²) in [5.41, 5.74) is 8.56. The highest BCUT2D eigenvalue weighted by atomic mass is 15.2. The molecule has 0 radical (unpaired) electrons. The lowest BCUT2D eigenvalue weighted by Crippen LogP contribution is -2.04. The second-order valence-electron chi connectivity index (χ2n) is 14.2.